The summed E-state index contributed by atoms with van der Waals surface area (Å²) in [5, 5.41) is 13.6. The highest BCUT2D eigenvalue weighted by Crippen LogP contribution is 2.43. The normalized spacial score (nSPS) is 14.7. The number of phosphoric ester groups is 1. The predicted octanol–water partition coefficient (Wildman–Crippen LogP) is 10.00. The summed E-state index contributed by atoms with van der Waals surface area (Å²) in [7, 11) is -4.33. The van der Waals surface area contributed by atoms with Crippen LogP contribution in [0.3, 0.4) is 0 Å². The van der Waals surface area contributed by atoms with Crippen molar-refractivity contribution in [1.29, 1.82) is 0 Å². The van der Waals surface area contributed by atoms with Crippen LogP contribution in [0.5, 0.6) is 0 Å². The monoisotopic (exact) mass is 685 g/mol. The first-order valence-corrected chi connectivity index (χ1v) is 20.6. The molecule has 0 aliphatic carbocycles. The second-order valence-corrected chi connectivity index (χ2v) is 14.2. The second kappa shape index (κ2) is 34.6. The largest absolute Gasteiger partial charge is 0.472 e. The minimum atomic E-state index is -4.33. The van der Waals surface area contributed by atoms with Crippen molar-refractivity contribution in [1.82, 2.24) is 5.32 Å². The summed E-state index contributed by atoms with van der Waals surface area (Å²) in [6.45, 7) is 4.07. The van der Waals surface area contributed by atoms with E-state index in [-0.39, 0.29) is 25.7 Å². The molecule has 3 unspecified atom stereocenters. The Morgan fingerprint density at radius 2 is 1.17 bits per heavy atom. The van der Waals surface area contributed by atoms with Crippen molar-refractivity contribution >= 4 is 13.7 Å². The van der Waals surface area contributed by atoms with Gasteiger partial charge in [-0.05, 0) is 51.4 Å². The average Bonchev–Trinajstić information content (AvgIpc) is 3.05. The molecule has 0 rings (SSSR count). The Kier molecular flexibility index (Phi) is 33.6. The molecule has 9 heteroatoms. The van der Waals surface area contributed by atoms with Crippen molar-refractivity contribution in [3.63, 3.8) is 0 Å². The van der Waals surface area contributed by atoms with E-state index in [9.17, 15) is 19.4 Å². The molecule has 47 heavy (non-hydrogen) atoms. The molecule has 276 valence electrons. The van der Waals surface area contributed by atoms with E-state index < -0.39 is 20.0 Å². The first kappa shape index (κ1) is 45.7. The van der Waals surface area contributed by atoms with Gasteiger partial charge in [0, 0.05) is 13.0 Å². The summed E-state index contributed by atoms with van der Waals surface area (Å²) in [6.07, 6.45) is 39.0. The van der Waals surface area contributed by atoms with Gasteiger partial charge in [-0.2, -0.15) is 0 Å². The Balaban J connectivity index is 4.29. The number of hydrogen-bond acceptors (Lipinski definition) is 6. The van der Waals surface area contributed by atoms with Crippen LogP contribution in [0.1, 0.15) is 168 Å². The van der Waals surface area contributed by atoms with Crippen molar-refractivity contribution in [2.75, 3.05) is 19.8 Å². The highest BCUT2D eigenvalue weighted by molar-refractivity contribution is 7.47. The SMILES string of the molecule is CCCCC/C=C\C/C=C\CCCCCCCCCC(=O)NC(COP(=O)(O)OCCN)C(O)/C=C/CCCCCCCCCCC. The molecule has 0 saturated carbocycles. The van der Waals surface area contributed by atoms with Gasteiger partial charge in [-0.1, -0.05) is 147 Å². The molecule has 8 nitrogen and oxygen atoms in total. The topological polar surface area (TPSA) is 131 Å². The lowest BCUT2D eigenvalue weighted by Gasteiger charge is -2.23. The lowest BCUT2D eigenvalue weighted by Crippen LogP contribution is -2.45. The van der Waals surface area contributed by atoms with Crippen LogP contribution in [0.15, 0.2) is 36.5 Å². The van der Waals surface area contributed by atoms with Gasteiger partial charge < -0.3 is 21.1 Å². The van der Waals surface area contributed by atoms with Gasteiger partial charge in [-0.3, -0.25) is 13.8 Å². The minimum absolute atomic E-state index is 0.0764. The van der Waals surface area contributed by atoms with E-state index in [1.54, 1.807) is 6.08 Å². The molecule has 0 aliphatic rings. The number of unbranched alkanes of at least 4 members (excludes halogenated alkanes) is 19. The van der Waals surface area contributed by atoms with Gasteiger partial charge in [0.1, 0.15) is 0 Å². The number of phosphoric acid groups is 1. The van der Waals surface area contributed by atoms with E-state index in [1.807, 2.05) is 6.08 Å². The summed E-state index contributed by atoms with van der Waals surface area (Å²) in [5.41, 5.74) is 5.35. The van der Waals surface area contributed by atoms with Crippen molar-refractivity contribution in [2.45, 2.75) is 180 Å². The van der Waals surface area contributed by atoms with Crippen molar-refractivity contribution < 1.29 is 28.4 Å². The molecule has 0 aromatic rings. The minimum Gasteiger partial charge on any atom is -0.387 e. The number of hydrogen-bond donors (Lipinski definition) is 4. The van der Waals surface area contributed by atoms with Gasteiger partial charge in [-0.25, -0.2) is 4.57 Å². The molecule has 0 heterocycles. The fraction of sp³-hybridized carbons (Fsp3) is 0.816. The number of amides is 1. The van der Waals surface area contributed by atoms with Gasteiger partial charge in [0.15, 0.2) is 0 Å². The quantitative estimate of drug-likeness (QED) is 0.0297. The summed E-state index contributed by atoms with van der Waals surface area (Å²) in [4.78, 5) is 22.6. The van der Waals surface area contributed by atoms with Crippen LogP contribution in [0, 0.1) is 0 Å². The third-order valence-corrected chi connectivity index (χ3v) is 9.19. The highest BCUT2D eigenvalue weighted by Gasteiger charge is 2.26. The lowest BCUT2D eigenvalue weighted by molar-refractivity contribution is -0.123. The molecule has 5 N–H and O–H groups in total. The molecule has 0 aromatic carbocycles. The maximum Gasteiger partial charge on any atom is 0.472 e. The number of rotatable bonds is 35. The zero-order chi connectivity index (χ0) is 34.7. The fourth-order valence-electron chi connectivity index (χ4n) is 5.28. The molecule has 0 aliphatic heterocycles. The number of nitrogens with one attached hydrogen (secondary N) is 1. The third-order valence-electron chi connectivity index (χ3n) is 8.21. The van der Waals surface area contributed by atoms with E-state index >= 15 is 0 Å². The Labute approximate surface area is 289 Å². The third kappa shape index (κ3) is 33.0. The van der Waals surface area contributed by atoms with Crippen LogP contribution in [-0.2, 0) is 18.4 Å². The highest BCUT2D eigenvalue weighted by atomic mass is 31.2. The Bertz CT molecular complexity index is 835. The van der Waals surface area contributed by atoms with Crippen LogP contribution in [0.25, 0.3) is 0 Å². The van der Waals surface area contributed by atoms with Gasteiger partial charge >= 0.3 is 7.82 Å². The van der Waals surface area contributed by atoms with E-state index in [4.69, 9.17) is 14.8 Å². The lowest BCUT2D eigenvalue weighted by atomic mass is 10.1. The smallest absolute Gasteiger partial charge is 0.387 e. The first-order valence-electron chi connectivity index (χ1n) is 19.1. The molecule has 0 saturated heterocycles. The van der Waals surface area contributed by atoms with Crippen molar-refractivity contribution in [2.24, 2.45) is 5.73 Å². The molecule has 0 fully saturated rings. The Morgan fingerprint density at radius 3 is 1.72 bits per heavy atom. The standard InChI is InChI=1S/C38H73N2O6P/c1-3-5-7-9-11-13-15-16-17-18-19-20-22-24-26-28-30-32-38(42)40-36(35-46-47(43,44)45-34-33-39)37(41)31-29-27-25-23-21-14-12-10-8-6-4-2/h11,13,16-17,29,31,36-37,41H,3-10,12,14-15,18-28,30,32-35,39H2,1-2H3,(H,40,42)(H,43,44)/b13-11-,17-16-,31-29+. The summed E-state index contributed by atoms with van der Waals surface area (Å²) < 4.78 is 22.0. The number of carbonyl (C=O) groups excluding carboxylic acids is 1. The predicted molar refractivity (Wildman–Crippen MR) is 198 cm³/mol. The van der Waals surface area contributed by atoms with E-state index in [1.165, 1.54) is 96.3 Å². The van der Waals surface area contributed by atoms with Crippen LogP contribution in [-0.4, -0.2) is 47.8 Å². The van der Waals surface area contributed by atoms with Crippen molar-refractivity contribution in [3.05, 3.63) is 36.5 Å². The molecular weight excluding hydrogens is 611 g/mol. The summed E-state index contributed by atoms with van der Waals surface area (Å²) in [5.74, 6) is -0.205. The van der Waals surface area contributed by atoms with E-state index in [0.29, 0.717) is 6.42 Å². The molecule has 0 spiro atoms. The number of nitrogens with two attached hydrogens (primary N) is 1. The van der Waals surface area contributed by atoms with Crippen molar-refractivity contribution in [3.8, 4) is 0 Å². The van der Waals surface area contributed by atoms with Crippen LogP contribution >= 0.6 is 7.82 Å². The van der Waals surface area contributed by atoms with E-state index in [0.717, 1.165) is 51.4 Å². The second-order valence-electron chi connectivity index (χ2n) is 12.8. The molecule has 0 bridgehead atoms. The molecule has 0 radical (unpaired) electrons. The Morgan fingerprint density at radius 1 is 0.702 bits per heavy atom. The molecule has 1 amide bonds. The number of carbonyl (C=O) groups is 1. The number of allylic oxidation sites excluding steroid dienone is 5. The zero-order valence-electron chi connectivity index (χ0n) is 30.3. The number of aliphatic hydroxyl groups is 1. The maximum atomic E-state index is 12.7. The van der Waals surface area contributed by atoms with Crippen LogP contribution in [0.4, 0.5) is 0 Å². The zero-order valence-corrected chi connectivity index (χ0v) is 31.2. The molecule has 3 atom stereocenters. The van der Waals surface area contributed by atoms with Crippen LogP contribution in [0.2, 0.25) is 0 Å². The molecule has 0 aromatic heterocycles. The Hall–Kier alpha value is -1.28. The van der Waals surface area contributed by atoms with E-state index in [2.05, 4.69) is 43.5 Å². The fourth-order valence-corrected chi connectivity index (χ4v) is 6.04. The summed E-state index contributed by atoms with van der Waals surface area (Å²) >= 11 is 0. The first-order chi connectivity index (χ1) is 22.9. The van der Waals surface area contributed by atoms with Crippen LogP contribution < -0.4 is 11.1 Å². The number of aliphatic hydroxyl groups excluding tert-OH is 1. The van der Waals surface area contributed by atoms with Gasteiger partial charge in [0.2, 0.25) is 5.91 Å². The van der Waals surface area contributed by atoms with Gasteiger partial charge in [0.25, 0.3) is 0 Å². The maximum absolute atomic E-state index is 12.7. The van der Waals surface area contributed by atoms with Gasteiger partial charge in [-0.15, -0.1) is 0 Å². The average molecular weight is 685 g/mol. The summed E-state index contributed by atoms with van der Waals surface area (Å²) in [6, 6.07) is -0.861. The molecular formula is C38H73N2O6P. The van der Waals surface area contributed by atoms with Gasteiger partial charge in [0.05, 0.1) is 25.4 Å².